The number of unbranched alkanes of at least 4 members (excludes halogenated alkanes) is 9. The number of esters is 2. The summed E-state index contributed by atoms with van der Waals surface area (Å²) in [6.07, 6.45) is 19.9. The van der Waals surface area contributed by atoms with Crippen molar-refractivity contribution in [3.05, 3.63) is 0 Å². The van der Waals surface area contributed by atoms with Gasteiger partial charge in [-0.2, -0.15) is 0 Å². The van der Waals surface area contributed by atoms with Gasteiger partial charge in [0.15, 0.2) is 0 Å². The first-order chi connectivity index (χ1) is 17.3. The van der Waals surface area contributed by atoms with Crippen molar-refractivity contribution in [2.45, 2.75) is 157 Å². The van der Waals surface area contributed by atoms with Crippen molar-refractivity contribution in [3.8, 4) is 0 Å². The van der Waals surface area contributed by atoms with E-state index in [1.54, 1.807) is 0 Å². The van der Waals surface area contributed by atoms with Crippen LogP contribution in [0.2, 0.25) is 0 Å². The topological polar surface area (TPSA) is 52.6 Å². The monoisotopic (exact) mass is 510 g/mol. The number of carbonyl (C=O) groups is 2. The first-order valence-electron chi connectivity index (χ1n) is 15.6. The summed E-state index contributed by atoms with van der Waals surface area (Å²) in [5.74, 6) is 1.97. The molecule has 0 rings (SSSR count). The zero-order chi connectivity index (χ0) is 27.0. The zero-order valence-corrected chi connectivity index (χ0v) is 25.1. The van der Waals surface area contributed by atoms with Crippen LogP contribution in [-0.2, 0) is 19.1 Å². The Morgan fingerprint density at radius 2 is 1.03 bits per heavy atom. The van der Waals surface area contributed by atoms with E-state index in [1.165, 1.54) is 51.4 Å². The van der Waals surface area contributed by atoms with Gasteiger partial charge >= 0.3 is 11.9 Å². The maximum Gasteiger partial charge on any atom is 0.309 e. The van der Waals surface area contributed by atoms with Crippen LogP contribution in [0.3, 0.4) is 0 Å². The van der Waals surface area contributed by atoms with E-state index < -0.39 is 0 Å². The van der Waals surface area contributed by atoms with Gasteiger partial charge < -0.3 is 9.47 Å². The van der Waals surface area contributed by atoms with Gasteiger partial charge in [0, 0.05) is 6.42 Å². The Morgan fingerprint density at radius 1 is 0.556 bits per heavy atom. The second-order valence-corrected chi connectivity index (χ2v) is 11.7. The van der Waals surface area contributed by atoms with Crippen LogP contribution >= 0.6 is 0 Å². The third-order valence-electron chi connectivity index (χ3n) is 7.40. The normalized spacial score (nSPS) is 13.2. The first kappa shape index (κ1) is 34.9. The lowest BCUT2D eigenvalue weighted by molar-refractivity contribution is -0.151. The number of rotatable bonds is 25. The van der Waals surface area contributed by atoms with E-state index in [1.807, 2.05) is 0 Å². The number of carbonyl (C=O) groups excluding carboxylic acids is 2. The second-order valence-electron chi connectivity index (χ2n) is 11.7. The Labute approximate surface area is 225 Å². The number of ether oxygens (including phenoxy) is 2. The van der Waals surface area contributed by atoms with Crippen LogP contribution in [0.15, 0.2) is 0 Å². The van der Waals surface area contributed by atoms with Gasteiger partial charge in [-0.3, -0.25) is 9.59 Å². The van der Waals surface area contributed by atoms with Crippen molar-refractivity contribution < 1.29 is 19.1 Å². The molecule has 214 valence electrons. The molecule has 0 heterocycles. The maximum atomic E-state index is 12.6. The summed E-state index contributed by atoms with van der Waals surface area (Å²) in [7, 11) is 0. The summed E-state index contributed by atoms with van der Waals surface area (Å²) >= 11 is 0. The van der Waals surface area contributed by atoms with Crippen LogP contribution < -0.4 is 0 Å². The van der Waals surface area contributed by atoms with Crippen molar-refractivity contribution in [2.75, 3.05) is 13.2 Å². The van der Waals surface area contributed by atoms with Crippen LogP contribution in [0.5, 0.6) is 0 Å². The Morgan fingerprint density at radius 3 is 1.53 bits per heavy atom. The minimum atomic E-state index is -0.0228. The molecule has 0 N–H and O–H groups in total. The third kappa shape index (κ3) is 21.1. The van der Waals surface area contributed by atoms with E-state index in [0.29, 0.717) is 25.6 Å². The molecule has 0 aromatic rings. The Kier molecular flexibility index (Phi) is 23.6. The molecule has 0 aromatic heterocycles. The summed E-state index contributed by atoms with van der Waals surface area (Å²) in [5.41, 5.74) is 0. The molecule has 36 heavy (non-hydrogen) atoms. The first-order valence-corrected chi connectivity index (χ1v) is 15.6. The molecule has 0 aliphatic heterocycles. The minimum absolute atomic E-state index is 0.0228. The zero-order valence-electron chi connectivity index (χ0n) is 25.1. The van der Waals surface area contributed by atoms with E-state index in [4.69, 9.17) is 9.47 Å². The molecule has 0 saturated carbocycles. The molecule has 0 spiro atoms. The Hall–Kier alpha value is -1.06. The highest BCUT2D eigenvalue weighted by molar-refractivity contribution is 5.72. The molecule has 0 radical (unpaired) electrons. The van der Waals surface area contributed by atoms with Crippen molar-refractivity contribution in [3.63, 3.8) is 0 Å². The SMILES string of the molecule is CCC(CCCCCCCCCCC(=O)OCCCCC(C)C)C(CC)C(=O)OCCCCC(C)C. The van der Waals surface area contributed by atoms with Crippen LogP contribution in [0.25, 0.3) is 0 Å². The fraction of sp³-hybridized carbons (Fsp3) is 0.938. The summed E-state index contributed by atoms with van der Waals surface area (Å²) < 4.78 is 11.0. The lowest BCUT2D eigenvalue weighted by Gasteiger charge is -2.24. The van der Waals surface area contributed by atoms with Crippen LogP contribution in [0.1, 0.15) is 157 Å². The predicted molar refractivity (Wildman–Crippen MR) is 153 cm³/mol. The van der Waals surface area contributed by atoms with E-state index in [9.17, 15) is 9.59 Å². The van der Waals surface area contributed by atoms with Crippen LogP contribution in [0.4, 0.5) is 0 Å². The van der Waals surface area contributed by atoms with E-state index in [2.05, 4.69) is 41.5 Å². The standard InChI is InChI=1S/C32H62O4/c1-7-29(30(8-2)32(34)36-26-20-18-22-28(5)6)23-15-13-11-9-10-12-14-16-24-31(33)35-25-19-17-21-27(3)4/h27-30H,7-26H2,1-6H3. The predicted octanol–water partition coefficient (Wildman–Crippen LogP) is 9.68. The summed E-state index contributed by atoms with van der Waals surface area (Å²) in [6, 6.07) is 0. The molecule has 0 fully saturated rings. The fourth-order valence-corrected chi connectivity index (χ4v) is 4.97. The highest BCUT2D eigenvalue weighted by Gasteiger charge is 2.26. The molecule has 2 unspecified atom stereocenters. The average Bonchev–Trinajstić information content (AvgIpc) is 2.83. The molecule has 4 nitrogen and oxygen atoms in total. The van der Waals surface area contributed by atoms with Gasteiger partial charge in [-0.15, -0.1) is 0 Å². The summed E-state index contributed by atoms with van der Waals surface area (Å²) in [5, 5.41) is 0. The molecule has 0 aromatic carbocycles. The Bertz CT molecular complexity index is 514. The van der Waals surface area contributed by atoms with E-state index in [0.717, 1.165) is 69.6 Å². The Balaban J connectivity index is 3.75. The van der Waals surface area contributed by atoms with Gasteiger partial charge in [0.05, 0.1) is 19.1 Å². The minimum Gasteiger partial charge on any atom is -0.466 e. The molecule has 0 bridgehead atoms. The maximum absolute atomic E-state index is 12.6. The van der Waals surface area contributed by atoms with E-state index >= 15 is 0 Å². The second kappa shape index (κ2) is 24.3. The highest BCUT2D eigenvalue weighted by atomic mass is 16.5. The summed E-state index contributed by atoms with van der Waals surface area (Å²) in [6.45, 7) is 14.4. The van der Waals surface area contributed by atoms with Gasteiger partial charge in [-0.05, 0) is 62.7 Å². The van der Waals surface area contributed by atoms with Crippen molar-refractivity contribution >= 4 is 11.9 Å². The quantitative estimate of drug-likeness (QED) is 0.0906. The molecule has 4 heteroatoms. The van der Waals surface area contributed by atoms with Crippen LogP contribution in [-0.4, -0.2) is 25.2 Å². The molecule has 0 amide bonds. The molecule has 0 aliphatic rings. The fourth-order valence-electron chi connectivity index (χ4n) is 4.97. The van der Waals surface area contributed by atoms with Gasteiger partial charge in [0.1, 0.15) is 0 Å². The van der Waals surface area contributed by atoms with Crippen molar-refractivity contribution in [1.82, 2.24) is 0 Å². The molecule has 2 atom stereocenters. The molecule has 0 aliphatic carbocycles. The van der Waals surface area contributed by atoms with E-state index in [-0.39, 0.29) is 17.9 Å². The molecular weight excluding hydrogens is 448 g/mol. The van der Waals surface area contributed by atoms with Crippen molar-refractivity contribution in [2.24, 2.45) is 23.7 Å². The average molecular weight is 511 g/mol. The lowest BCUT2D eigenvalue weighted by Crippen LogP contribution is -2.25. The smallest absolute Gasteiger partial charge is 0.309 e. The highest BCUT2D eigenvalue weighted by Crippen LogP contribution is 2.27. The van der Waals surface area contributed by atoms with Gasteiger partial charge in [-0.1, -0.05) is 106 Å². The molecular formula is C32H62O4. The van der Waals surface area contributed by atoms with Crippen molar-refractivity contribution in [1.29, 1.82) is 0 Å². The van der Waals surface area contributed by atoms with Gasteiger partial charge in [-0.25, -0.2) is 0 Å². The number of hydrogen-bond acceptors (Lipinski definition) is 4. The largest absolute Gasteiger partial charge is 0.466 e. The molecule has 0 saturated heterocycles. The van der Waals surface area contributed by atoms with Gasteiger partial charge in [0.2, 0.25) is 0 Å². The number of hydrogen-bond donors (Lipinski definition) is 0. The lowest BCUT2D eigenvalue weighted by atomic mass is 9.84. The van der Waals surface area contributed by atoms with Gasteiger partial charge in [0.25, 0.3) is 0 Å². The summed E-state index contributed by atoms with van der Waals surface area (Å²) in [4.78, 5) is 24.4. The van der Waals surface area contributed by atoms with Crippen LogP contribution in [0, 0.1) is 23.7 Å². The third-order valence-corrected chi connectivity index (χ3v) is 7.40.